The Morgan fingerprint density at radius 3 is 2.00 bits per heavy atom. The Balaban J connectivity index is 0.00000289. The van der Waals surface area contributed by atoms with Crippen LogP contribution in [-0.2, 0) is 9.59 Å². The van der Waals surface area contributed by atoms with E-state index in [1.807, 2.05) is 20.8 Å². The molecule has 6 heteroatoms. The molecular formula is C12H20N2NaO3+. The number of barbiturate groups is 1. The van der Waals surface area contributed by atoms with Crippen molar-refractivity contribution in [1.82, 2.24) is 10.6 Å². The van der Waals surface area contributed by atoms with E-state index < -0.39 is 23.3 Å². The van der Waals surface area contributed by atoms with Gasteiger partial charge in [-0.25, -0.2) is 4.79 Å². The smallest absolute Gasteiger partial charge is 0.277 e. The van der Waals surface area contributed by atoms with Crippen LogP contribution in [0.15, 0.2) is 0 Å². The molecule has 4 amide bonds. The molecule has 5 nitrogen and oxygen atoms in total. The fraction of sp³-hybridized carbons (Fsp3) is 0.750. The maximum atomic E-state index is 12.0. The molecule has 1 aliphatic rings. The number of hydrogen-bond acceptors (Lipinski definition) is 3. The fourth-order valence-corrected chi connectivity index (χ4v) is 2.26. The second-order valence-electron chi connectivity index (χ2n) is 4.79. The minimum absolute atomic E-state index is 0. The van der Waals surface area contributed by atoms with Crippen LogP contribution in [-0.4, -0.2) is 17.8 Å². The van der Waals surface area contributed by atoms with E-state index in [0.717, 1.165) is 12.8 Å². The maximum Gasteiger partial charge on any atom is 1.00 e. The molecule has 1 heterocycles. The number of imide groups is 2. The molecule has 1 atom stereocenters. The van der Waals surface area contributed by atoms with Crippen LogP contribution in [0.3, 0.4) is 0 Å². The van der Waals surface area contributed by atoms with Crippen LogP contribution >= 0.6 is 0 Å². The van der Waals surface area contributed by atoms with Gasteiger partial charge in [-0.3, -0.25) is 20.2 Å². The van der Waals surface area contributed by atoms with E-state index in [1.54, 1.807) is 0 Å². The van der Waals surface area contributed by atoms with E-state index in [0.29, 0.717) is 12.8 Å². The monoisotopic (exact) mass is 263 g/mol. The number of nitrogens with one attached hydrogen (secondary N) is 2. The van der Waals surface area contributed by atoms with Gasteiger partial charge in [0, 0.05) is 0 Å². The standard InChI is InChI=1S/C12H20N2O3.Na/c1-4-6-12(7-8(3)5-2)9(15)13-11(17)14-10(12)16;/h8H,4-7H2,1-3H3,(H2,13,14,15,16,17);/q;+1. The molecule has 18 heavy (non-hydrogen) atoms. The van der Waals surface area contributed by atoms with Crippen LogP contribution in [0.2, 0.25) is 0 Å². The summed E-state index contributed by atoms with van der Waals surface area (Å²) in [5.74, 6) is -0.631. The van der Waals surface area contributed by atoms with Crippen molar-refractivity contribution in [3.8, 4) is 0 Å². The number of amides is 4. The van der Waals surface area contributed by atoms with Gasteiger partial charge >= 0.3 is 35.6 Å². The van der Waals surface area contributed by atoms with Crippen molar-refractivity contribution in [3.63, 3.8) is 0 Å². The molecule has 0 saturated carbocycles. The van der Waals surface area contributed by atoms with Crippen molar-refractivity contribution >= 4 is 17.8 Å². The minimum Gasteiger partial charge on any atom is -0.277 e. The van der Waals surface area contributed by atoms with Crippen molar-refractivity contribution in [2.45, 2.75) is 46.5 Å². The molecule has 0 aromatic heterocycles. The van der Waals surface area contributed by atoms with Gasteiger partial charge in [-0.1, -0.05) is 33.6 Å². The third kappa shape index (κ3) is 3.56. The minimum atomic E-state index is -1.07. The second kappa shape index (κ2) is 7.26. The molecule has 1 aliphatic heterocycles. The summed E-state index contributed by atoms with van der Waals surface area (Å²) in [6.45, 7) is 5.96. The first-order chi connectivity index (χ1) is 7.96. The third-order valence-corrected chi connectivity index (χ3v) is 3.39. The number of hydrogen-bond donors (Lipinski definition) is 2. The SMILES string of the molecule is CCCC1(CC(C)CC)C(=O)NC(=O)NC1=O.[Na+]. The van der Waals surface area contributed by atoms with Crippen molar-refractivity contribution in [3.05, 3.63) is 0 Å². The van der Waals surface area contributed by atoms with Gasteiger partial charge in [-0.15, -0.1) is 0 Å². The molecule has 0 spiro atoms. The first-order valence-corrected chi connectivity index (χ1v) is 6.13. The molecular weight excluding hydrogens is 243 g/mol. The predicted molar refractivity (Wildman–Crippen MR) is 63.1 cm³/mol. The van der Waals surface area contributed by atoms with Gasteiger partial charge in [0.1, 0.15) is 5.41 Å². The summed E-state index contributed by atoms with van der Waals surface area (Å²) in [6, 6.07) is -0.712. The number of carbonyl (C=O) groups excluding carboxylic acids is 3. The van der Waals surface area contributed by atoms with Crippen LogP contribution in [0.1, 0.15) is 46.5 Å². The van der Waals surface area contributed by atoms with Gasteiger partial charge in [-0.05, 0) is 18.8 Å². The second-order valence-corrected chi connectivity index (χ2v) is 4.79. The van der Waals surface area contributed by atoms with Crippen LogP contribution in [0.25, 0.3) is 0 Å². The Labute approximate surface area is 130 Å². The molecule has 1 fully saturated rings. The Morgan fingerprint density at radius 2 is 1.61 bits per heavy atom. The van der Waals surface area contributed by atoms with Gasteiger partial charge in [0.15, 0.2) is 0 Å². The Kier molecular flexibility index (Phi) is 7.10. The van der Waals surface area contributed by atoms with E-state index in [-0.39, 0.29) is 35.5 Å². The van der Waals surface area contributed by atoms with Gasteiger partial charge < -0.3 is 0 Å². The molecule has 1 unspecified atom stereocenters. The molecule has 96 valence electrons. The van der Waals surface area contributed by atoms with E-state index in [2.05, 4.69) is 10.6 Å². The maximum absolute atomic E-state index is 12.0. The summed E-state index contributed by atoms with van der Waals surface area (Å²) in [5, 5.41) is 4.41. The van der Waals surface area contributed by atoms with Crippen molar-refractivity contribution in [2.24, 2.45) is 11.3 Å². The summed E-state index contributed by atoms with van der Waals surface area (Å²) in [6.07, 6.45) is 2.59. The van der Waals surface area contributed by atoms with Crippen LogP contribution in [0.4, 0.5) is 4.79 Å². The van der Waals surface area contributed by atoms with E-state index in [9.17, 15) is 14.4 Å². The van der Waals surface area contributed by atoms with Crippen LogP contribution in [0.5, 0.6) is 0 Å². The Morgan fingerprint density at radius 1 is 1.11 bits per heavy atom. The molecule has 1 saturated heterocycles. The molecule has 0 aromatic carbocycles. The van der Waals surface area contributed by atoms with Crippen molar-refractivity contribution < 1.29 is 43.9 Å². The van der Waals surface area contributed by atoms with Gasteiger partial charge in [0.2, 0.25) is 11.8 Å². The number of carbonyl (C=O) groups is 3. The van der Waals surface area contributed by atoms with E-state index in [4.69, 9.17) is 0 Å². The molecule has 0 aromatic rings. The Hall–Kier alpha value is -0.390. The Bertz CT molecular complexity index is 324. The first-order valence-electron chi connectivity index (χ1n) is 6.13. The summed E-state index contributed by atoms with van der Waals surface area (Å²) in [7, 11) is 0. The van der Waals surface area contributed by atoms with Crippen molar-refractivity contribution in [2.75, 3.05) is 0 Å². The number of urea groups is 1. The zero-order chi connectivity index (χ0) is 13.1. The zero-order valence-corrected chi connectivity index (χ0v) is 13.6. The fourth-order valence-electron chi connectivity index (χ4n) is 2.26. The predicted octanol–water partition coefficient (Wildman–Crippen LogP) is -1.42. The average molecular weight is 263 g/mol. The molecule has 0 aliphatic carbocycles. The third-order valence-electron chi connectivity index (χ3n) is 3.39. The summed E-state index contributed by atoms with van der Waals surface area (Å²) in [5.41, 5.74) is -1.07. The van der Waals surface area contributed by atoms with Crippen molar-refractivity contribution in [1.29, 1.82) is 0 Å². The molecule has 2 N–H and O–H groups in total. The quantitative estimate of drug-likeness (QED) is 0.472. The van der Waals surface area contributed by atoms with E-state index in [1.165, 1.54) is 0 Å². The normalized spacial score (nSPS) is 19.6. The average Bonchev–Trinajstić information content (AvgIpc) is 2.25. The molecule has 1 rings (SSSR count). The molecule has 0 bridgehead atoms. The largest absolute Gasteiger partial charge is 1.00 e. The summed E-state index contributed by atoms with van der Waals surface area (Å²) >= 11 is 0. The molecule has 0 radical (unpaired) electrons. The van der Waals surface area contributed by atoms with Gasteiger partial charge in [-0.2, -0.15) is 0 Å². The topological polar surface area (TPSA) is 75.3 Å². The van der Waals surface area contributed by atoms with Crippen LogP contribution < -0.4 is 40.2 Å². The van der Waals surface area contributed by atoms with E-state index >= 15 is 0 Å². The van der Waals surface area contributed by atoms with Gasteiger partial charge in [0.05, 0.1) is 0 Å². The summed E-state index contributed by atoms with van der Waals surface area (Å²) in [4.78, 5) is 35.0. The zero-order valence-electron chi connectivity index (χ0n) is 11.6. The summed E-state index contributed by atoms with van der Waals surface area (Å²) < 4.78 is 0. The first kappa shape index (κ1) is 17.6. The van der Waals surface area contributed by atoms with Gasteiger partial charge in [0.25, 0.3) is 0 Å². The number of rotatable bonds is 5. The van der Waals surface area contributed by atoms with Crippen LogP contribution in [0, 0.1) is 11.3 Å².